The molecule has 0 bridgehead atoms. The molecular formula is C55H40N2. The summed E-state index contributed by atoms with van der Waals surface area (Å²) in [5.41, 5.74) is 17.1. The molecule has 0 radical (unpaired) electrons. The quantitative estimate of drug-likeness (QED) is 0.165. The average molecular weight is 729 g/mol. The van der Waals surface area contributed by atoms with Gasteiger partial charge in [0.05, 0.1) is 11.0 Å². The number of nitrogens with zero attached hydrogens (tertiary/aromatic N) is 2. The molecule has 10 aromatic rings. The Kier molecular flexibility index (Phi) is 7.55. The zero-order valence-electron chi connectivity index (χ0n) is 32.0. The molecule has 1 heterocycles. The fraction of sp³-hybridized carbons (Fsp3) is 0.0545. The van der Waals surface area contributed by atoms with E-state index >= 15 is 0 Å². The normalized spacial score (nSPS) is 12.9. The molecule has 11 rings (SSSR count). The summed E-state index contributed by atoms with van der Waals surface area (Å²) < 4.78 is 2.43. The molecule has 0 saturated carbocycles. The predicted molar refractivity (Wildman–Crippen MR) is 241 cm³/mol. The number of aromatic nitrogens is 1. The first-order valence-corrected chi connectivity index (χ1v) is 19.9. The maximum absolute atomic E-state index is 2.43. The van der Waals surface area contributed by atoms with Gasteiger partial charge < -0.3 is 9.47 Å². The lowest BCUT2D eigenvalue weighted by molar-refractivity contribution is 0.660. The van der Waals surface area contributed by atoms with Crippen LogP contribution in [0.4, 0.5) is 17.1 Å². The second-order valence-electron chi connectivity index (χ2n) is 15.7. The molecule has 0 N–H and O–H groups in total. The third kappa shape index (κ3) is 5.25. The van der Waals surface area contributed by atoms with Crippen LogP contribution in [0, 0.1) is 0 Å². The molecule has 0 atom stereocenters. The standard InChI is InChI=1S/C55H40N2/c1-55(2)50-35-42(31-33-46(50)47-34-32-43(36-51(47)55)57-52-25-11-9-21-48(52)49-22-10-12-26-53(49)57)56(40-19-7-4-8-20-40)41-29-27-38(28-30-41)45-24-14-18-39-17-13-23-44(54(39)45)37-15-5-3-6-16-37/h3-36H,1-2H3. The van der Waals surface area contributed by atoms with Crippen molar-refractivity contribution in [3.05, 3.63) is 217 Å². The van der Waals surface area contributed by atoms with Crippen LogP contribution >= 0.6 is 0 Å². The average Bonchev–Trinajstić information content (AvgIpc) is 3.72. The Morgan fingerprint density at radius 2 is 0.895 bits per heavy atom. The van der Waals surface area contributed by atoms with Crippen LogP contribution in [-0.4, -0.2) is 4.57 Å². The van der Waals surface area contributed by atoms with Gasteiger partial charge in [-0.15, -0.1) is 0 Å². The van der Waals surface area contributed by atoms with Gasteiger partial charge in [0.1, 0.15) is 0 Å². The van der Waals surface area contributed by atoms with Crippen molar-refractivity contribution in [2.24, 2.45) is 0 Å². The number of anilines is 3. The van der Waals surface area contributed by atoms with Crippen LogP contribution in [0.3, 0.4) is 0 Å². The third-order valence-electron chi connectivity index (χ3n) is 12.2. The van der Waals surface area contributed by atoms with E-state index in [1.807, 2.05) is 0 Å². The smallest absolute Gasteiger partial charge is 0.0541 e. The molecule has 0 aliphatic heterocycles. The first-order chi connectivity index (χ1) is 28.0. The molecule has 0 saturated heterocycles. The minimum Gasteiger partial charge on any atom is -0.310 e. The SMILES string of the molecule is CC1(C)c2cc(N(c3ccccc3)c3ccc(-c4cccc5cccc(-c6ccccc6)c45)cc3)ccc2-c2ccc(-n3c4ccccc4c4ccccc43)cc21. The summed E-state index contributed by atoms with van der Waals surface area (Å²) in [7, 11) is 0. The zero-order valence-corrected chi connectivity index (χ0v) is 32.0. The molecule has 57 heavy (non-hydrogen) atoms. The Hall–Kier alpha value is -7.16. The van der Waals surface area contributed by atoms with Crippen LogP contribution in [0.25, 0.3) is 71.6 Å². The summed E-state index contributed by atoms with van der Waals surface area (Å²) >= 11 is 0. The van der Waals surface area contributed by atoms with E-state index in [0.717, 1.165) is 17.1 Å². The van der Waals surface area contributed by atoms with E-state index in [4.69, 9.17) is 0 Å². The fourth-order valence-corrected chi connectivity index (χ4v) is 9.45. The lowest BCUT2D eigenvalue weighted by atomic mass is 9.82. The summed E-state index contributed by atoms with van der Waals surface area (Å²) in [6.45, 7) is 4.76. The van der Waals surface area contributed by atoms with Crippen molar-refractivity contribution < 1.29 is 0 Å². The lowest BCUT2D eigenvalue weighted by Gasteiger charge is -2.28. The van der Waals surface area contributed by atoms with E-state index in [1.165, 1.54) is 82.8 Å². The highest BCUT2D eigenvalue weighted by Gasteiger charge is 2.36. The molecule has 0 fully saturated rings. The molecule has 1 aliphatic carbocycles. The minimum atomic E-state index is -0.202. The van der Waals surface area contributed by atoms with Crippen molar-refractivity contribution in [2.45, 2.75) is 19.3 Å². The van der Waals surface area contributed by atoms with E-state index in [2.05, 4.69) is 230 Å². The van der Waals surface area contributed by atoms with Gasteiger partial charge in [0.2, 0.25) is 0 Å². The Balaban J connectivity index is 1.000. The summed E-state index contributed by atoms with van der Waals surface area (Å²) in [5.74, 6) is 0. The fourth-order valence-electron chi connectivity index (χ4n) is 9.45. The van der Waals surface area contributed by atoms with Crippen LogP contribution in [-0.2, 0) is 5.41 Å². The van der Waals surface area contributed by atoms with Gasteiger partial charge in [0, 0.05) is 38.9 Å². The monoisotopic (exact) mass is 728 g/mol. The van der Waals surface area contributed by atoms with Gasteiger partial charge >= 0.3 is 0 Å². The van der Waals surface area contributed by atoms with Crippen molar-refractivity contribution in [3.8, 4) is 39.1 Å². The largest absolute Gasteiger partial charge is 0.310 e. The molecule has 1 aliphatic rings. The number of benzene rings is 9. The van der Waals surface area contributed by atoms with E-state index in [9.17, 15) is 0 Å². The topological polar surface area (TPSA) is 8.17 Å². The van der Waals surface area contributed by atoms with Crippen LogP contribution in [0.1, 0.15) is 25.0 Å². The summed E-state index contributed by atoms with van der Waals surface area (Å²) in [6.07, 6.45) is 0. The second-order valence-corrected chi connectivity index (χ2v) is 15.7. The number of hydrogen-bond donors (Lipinski definition) is 0. The first-order valence-electron chi connectivity index (χ1n) is 19.9. The Morgan fingerprint density at radius 1 is 0.386 bits per heavy atom. The number of fused-ring (bicyclic) bond motifs is 7. The van der Waals surface area contributed by atoms with E-state index in [-0.39, 0.29) is 5.41 Å². The van der Waals surface area contributed by atoms with Crippen LogP contribution in [0.15, 0.2) is 206 Å². The van der Waals surface area contributed by atoms with Crippen molar-refractivity contribution in [2.75, 3.05) is 4.90 Å². The van der Waals surface area contributed by atoms with Gasteiger partial charge in [-0.25, -0.2) is 0 Å². The van der Waals surface area contributed by atoms with Crippen molar-refractivity contribution in [1.82, 2.24) is 4.57 Å². The Bertz CT molecular complexity index is 3080. The zero-order chi connectivity index (χ0) is 38.1. The summed E-state index contributed by atoms with van der Waals surface area (Å²) in [5, 5.41) is 5.08. The Labute approximate surface area is 333 Å². The van der Waals surface area contributed by atoms with Crippen molar-refractivity contribution in [3.63, 3.8) is 0 Å². The predicted octanol–water partition coefficient (Wildman–Crippen LogP) is 15.0. The van der Waals surface area contributed by atoms with Gasteiger partial charge in [-0.05, 0) is 116 Å². The van der Waals surface area contributed by atoms with Crippen LogP contribution in [0.2, 0.25) is 0 Å². The third-order valence-corrected chi connectivity index (χ3v) is 12.2. The molecular weight excluding hydrogens is 689 g/mol. The maximum Gasteiger partial charge on any atom is 0.0541 e. The first kappa shape index (κ1) is 33.2. The van der Waals surface area contributed by atoms with Crippen LogP contribution in [0.5, 0.6) is 0 Å². The van der Waals surface area contributed by atoms with Crippen LogP contribution < -0.4 is 4.90 Å². The summed E-state index contributed by atoms with van der Waals surface area (Å²) in [6, 6.07) is 75.5. The van der Waals surface area contributed by atoms with E-state index in [1.54, 1.807) is 0 Å². The molecule has 9 aromatic carbocycles. The summed E-state index contributed by atoms with van der Waals surface area (Å²) in [4.78, 5) is 2.39. The molecule has 2 nitrogen and oxygen atoms in total. The van der Waals surface area contributed by atoms with Gasteiger partial charge in [-0.2, -0.15) is 0 Å². The lowest BCUT2D eigenvalue weighted by Crippen LogP contribution is -2.17. The minimum absolute atomic E-state index is 0.202. The van der Waals surface area contributed by atoms with Crippen molar-refractivity contribution in [1.29, 1.82) is 0 Å². The molecule has 270 valence electrons. The number of para-hydroxylation sites is 3. The maximum atomic E-state index is 2.43. The number of hydrogen-bond acceptors (Lipinski definition) is 1. The van der Waals surface area contributed by atoms with Gasteiger partial charge in [0.25, 0.3) is 0 Å². The highest BCUT2D eigenvalue weighted by Crippen LogP contribution is 2.52. The molecule has 0 unspecified atom stereocenters. The van der Waals surface area contributed by atoms with Gasteiger partial charge in [-0.1, -0.05) is 159 Å². The highest BCUT2D eigenvalue weighted by molar-refractivity contribution is 6.09. The van der Waals surface area contributed by atoms with E-state index < -0.39 is 0 Å². The Morgan fingerprint density at radius 3 is 1.54 bits per heavy atom. The highest BCUT2D eigenvalue weighted by atomic mass is 15.1. The van der Waals surface area contributed by atoms with E-state index in [0.29, 0.717) is 0 Å². The number of rotatable bonds is 6. The van der Waals surface area contributed by atoms with Gasteiger partial charge in [0.15, 0.2) is 0 Å². The van der Waals surface area contributed by atoms with Crippen molar-refractivity contribution >= 4 is 49.6 Å². The van der Waals surface area contributed by atoms with Gasteiger partial charge in [-0.3, -0.25) is 0 Å². The molecule has 0 amide bonds. The molecule has 1 aromatic heterocycles. The second kappa shape index (κ2) is 13.0. The molecule has 0 spiro atoms. The molecule has 2 heteroatoms.